The number of aromatic nitrogens is 3. The lowest BCUT2D eigenvalue weighted by molar-refractivity contribution is -0.145. The van der Waals surface area contributed by atoms with Gasteiger partial charge in [0.1, 0.15) is 11.4 Å². The molecule has 19 heavy (non-hydrogen) atoms. The first kappa shape index (κ1) is 13.5. The van der Waals surface area contributed by atoms with Gasteiger partial charge in [0.25, 0.3) is 5.91 Å². The normalized spacial score (nSPS) is 17.9. The molecule has 0 bridgehead atoms. The number of nitrogens with zero attached hydrogens (tertiary/aromatic N) is 2. The van der Waals surface area contributed by atoms with Gasteiger partial charge >= 0.3 is 5.97 Å². The molecule has 0 aromatic carbocycles. The number of aliphatic carboxylic acids is 1. The first-order chi connectivity index (χ1) is 9.07. The van der Waals surface area contributed by atoms with Gasteiger partial charge < -0.3 is 10.4 Å². The molecule has 1 aromatic heterocycles. The second-order valence-electron chi connectivity index (χ2n) is 4.86. The van der Waals surface area contributed by atoms with E-state index in [9.17, 15) is 14.7 Å². The van der Waals surface area contributed by atoms with Gasteiger partial charge in [0.15, 0.2) is 0 Å². The molecule has 104 valence electrons. The number of hydrogen-bond acceptors (Lipinski definition) is 4. The number of carboxylic acids is 1. The van der Waals surface area contributed by atoms with Gasteiger partial charge in [0.05, 0.1) is 0 Å². The number of carbonyl (C=O) groups is 2. The molecule has 0 unspecified atom stereocenters. The quantitative estimate of drug-likeness (QED) is 0.749. The van der Waals surface area contributed by atoms with E-state index < -0.39 is 17.4 Å². The Balaban J connectivity index is 2.12. The van der Waals surface area contributed by atoms with E-state index in [0.29, 0.717) is 25.1 Å². The van der Waals surface area contributed by atoms with Crippen LogP contribution in [0.15, 0.2) is 0 Å². The second-order valence-corrected chi connectivity index (χ2v) is 4.86. The summed E-state index contributed by atoms with van der Waals surface area (Å²) < 4.78 is 0. The van der Waals surface area contributed by atoms with Gasteiger partial charge in [-0.3, -0.25) is 9.89 Å². The molecule has 0 aliphatic heterocycles. The van der Waals surface area contributed by atoms with Crippen molar-refractivity contribution < 1.29 is 14.7 Å². The highest BCUT2D eigenvalue weighted by Crippen LogP contribution is 2.28. The Hall–Kier alpha value is -1.92. The van der Waals surface area contributed by atoms with Crippen LogP contribution in [0.4, 0.5) is 0 Å². The van der Waals surface area contributed by atoms with E-state index >= 15 is 0 Å². The number of amides is 1. The molecule has 0 atom stereocenters. The predicted molar refractivity (Wildman–Crippen MR) is 66.7 cm³/mol. The Morgan fingerprint density at radius 2 is 2.05 bits per heavy atom. The van der Waals surface area contributed by atoms with Crippen LogP contribution in [0.2, 0.25) is 0 Å². The first-order valence-corrected chi connectivity index (χ1v) is 6.54. The standard InChI is InChI=1S/C12H18N4O3/c1-2-8-13-9(16-15-8)10(17)14-12(11(18)19)6-4-3-5-7-12/h2-7H2,1H3,(H,14,17)(H,18,19)(H,13,15,16). The van der Waals surface area contributed by atoms with Crippen LogP contribution in [0.25, 0.3) is 0 Å². The van der Waals surface area contributed by atoms with Crippen molar-refractivity contribution in [2.45, 2.75) is 51.0 Å². The maximum Gasteiger partial charge on any atom is 0.329 e. The van der Waals surface area contributed by atoms with Crippen LogP contribution in [0.5, 0.6) is 0 Å². The van der Waals surface area contributed by atoms with Gasteiger partial charge in [0, 0.05) is 6.42 Å². The van der Waals surface area contributed by atoms with Crippen LogP contribution >= 0.6 is 0 Å². The summed E-state index contributed by atoms with van der Waals surface area (Å²) in [6, 6.07) is 0. The number of carbonyl (C=O) groups excluding carboxylic acids is 1. The van der Waals surface area contributed by atoms with Gasteiger partial charge in [-0.1, -0.05) is 26.2 Å². The molecule has 1 aliphatic carbocycles. The third-order valence-electron chi connectivity index (χ3n) is 3.54. The third-order valence-corrected chi connectivity index (χ3v) is 3.54. The Morgan fingerprint density at radius 1 is 1.37 bits per heavy atom. The van der Waals surface area contributed by atoms with Crippen molar-refractivity contribution in [3.8, 4) is 0 Å². The average Bonchev–Trinajstić information content (AvgIpc) is 2.88. The average molecular weight is 266 g/mol. The molecule has 0 spiro atoms. The predicted octanol–water partition coefficient (Wildman–Crippen LogP) is 0.884. The molecule has 1 saturated carbocycles. The largest absolute Gasteiger partial charge is 0.480 e. The molecular formula is C12H18N4O3. The molecule has 2 rings (SSSR count). The van der Waals surface area contributed by atoms with Gasteiger partial charge in [-0.2, -0.15) is 0 Å². The monoisotopic (exact) mass is 266 g/mol. The number of aryl methyl sites for hydroxylation is 1. The Kier molecular flexibility index (Phi) is 3.82. The van der Waals surface area contributed by atoms with E-state index in [1.165, 1.54) is 0 Å². The van der Waals surface area contributed by atoms with Gasteiger partial charge in [0.2, 0.25) is 5.82 Å². The number of hydrogen-bond donors (Lipinski definition) is 3. The Morgan fingerprint density at radius 3 is 2.58 bits per heavy atom. The maximum atomic E-state index is 12.0. The van der Waals surface area contributed by atoms with Crippen molar-refractivity contribution in [3.05, 3.63) is 11.6 Å². The highest BCUT2D eigenvalue weighted by atomic mass is 16.4. The minimum Gasteiger partial charge on any atom is -0.480 e. The zero-order valence-corrected chi connectivity index (χ0v) is 10.9. The SMILES string of the molecule is CCc1nc(C(=O)NC2(C(=O)O)CCCCC2)n[nH]1. The summed E-state index contributed by atoms with van der Waals surface area (Å²) in [7, 11) is 0. The smallest absolute Gasteiger partial charge is 0.329 e. The lowest BCUT2D eigenvalue weighted by Gasteiger charge is -2.33. The van der Waals surface area contributed by atoms with E-state index in [2.05, 4.69) is 20.5 Å². The minimum atomic E-state index is -1.16. The van der Waals surface area contributed by atoms with E-state index in [1.807, 2.05) is 6.92 Å². The Labute approximate surface area is 110 Å². The molecule has 1 aromatic rings. The Bertz CT molecular complexity index is 477. The van der Waals surface area contributed by atoms with Crippen molar-refractivity contribution in [2.24, 2.45) is 0 Å². The molecule has 3 N–H and O–H groups in total. The third kappa shape index (κ3) is 2.74. The maximum absolute atomic E-state index is 12.0. The zero-order valence-electron chi connectivity index (χ0n) is 10.9. The van der Waals surface area contributed by atoms with E-state index in [-0.39, 0.29) is 5.82 Å². The van der Waals surface area contributed by atoms with Crippen LogP contribution in [0, 0.1) is 0 Å². The van der Waals surface area contributed by atoms with E-state index in [1.54, 1.807) is 0 Å². The molecule has 7 nitrogen and oxygen atoms in total. The summed E-state index contributed by atoms with van der Waals surface area (Å²) in [6.45, 7) is 1.89. The summed E-state index contributed by atoms with van der Waals surface area (Å²) in [4.78, 5) is 27.5. The van der Waals surface area contributed by atoms with Crippen molar-refractivity contribution in [3.63, 3.8) is 0 Å². The number of nitrogens with one attached hydrogen (secondary N) is 2. The van der Waals surface area contributed by atoms with E-state index in [4.69, 9.17) is 0 Å². The molecule has 1 aliphatic rings. The van der Waals surface area contributed by atoms with Gasteiger partial charge in [-0.05, 0) is 12.8 Å². The van der Waals surface area contributed by atoms with Crippen LogP contribution < -0.4 is 5.32 Å². The highest BCUT2D eigenvalue weighted by molar-refractivity contribution is 5.95. The lowest BCUT2D eigenvalue weighted by atomic mass is 9.81. The molecule has 1 amide bonds. The summed E-state index contributed by atoms with van der Waals surface area (Å²) >= 11 is 0. The van der Waals surface area contributed by atoms with Crippen LogP contribution in [0.3, 0.4) is 0 Å². The topological polar surface area (TPSA) is 108 Å². The van der Waals surface area contributed by atoms with Gasteiger partial charge in [-0.15, -0.1) is 5.10 Å². The molecular weight excluding hydrogens is 248 g/mol. The first-order valence-electron chi connectivity index (χ1n) is 6.54. The van der Waals surface area contributed by atoms with Crippen LogP contribution in [-0.2, 0) is 11.2 Å². The second kappa shape index (κ2) is 5.38. The number of carboxylic acid groups (broad SMARTS) is 1. The zero-order chi connectivity index (χ0) is 13.9. The van der Waals surface area contributed by atoms with Gasteiger partial charge in [-0.25, -0.2) is 9.78 Å². The van der Waals surface area contributed by atoms with Crippen molar-refractivity contribution >= 4 is 11.9 Å². The van der Waals surface area contributed by atoms with Crippen molar-refractivity contribution in [1.29, 1.82) is 0 Å². The van der Waals surface area contributed by atoms with Crippen molar-refractivity contribution in [2.75, 3.05) is 0 Å². The fraction of sp³-hybridized carbons (Fsp3) is 0.667. The number of H-pyrrole nitrogens is 1. The summed E-state index contributed by atoms with van der Waals surface area (Å²) in [5.74, 6) is -0.895. The molecule has 1 fully saturated rings. The minimum absolute atomic E-state index is 0.00282. The lowest BCUT2D eigenvalue weighted by Crippen LogP contribution is -2.55. The number of aromatic amines is 1. The van der Waals surface area contributed by atoms with E-state index in [0.717, 1.165) is 19.3 Å². The highest BCUT2D eigenvalue weighted by Gasteiger charge is 2.41. The molecule has 0 saturated heterocycles. The molecule has 0 radical (unpaired) electrons. The fourth-order valence-electron chi connectivity index (χ4n) is 2.38. The summed E-state index contributed by atoms with van der Waals surface area (Å²) in [5, 5.41) is 18.4. The summed E-state index contributed by atoms with van der Waals surface area (Å²) in [5.41, 5.74) is -1.16. The summed E-state index contributed by atoms with van der Waals surface area (Å²) in [6.07, 6.45) is 4.18. The fourth-order valence-corrected chi connectivity index (χ4v) is 2.38. The molecule has 1 heterocycles. The molecule has 7 heteroatoms. The van der Waals surface area contributed by atoms with Crippen molar-refractivity contribution in [1.82, 2.24) is 20.5 Å². The number of rotatable bonds is 4. The van der Waals surface area contributed by atoms with Crippen LogP contribution in [0.1, 0.15) is 55.5 Å². The van der Waals surface area contributed by atoms with Crippen LogP contribution in [-0.4, -0.2) is 37.7 Å².